The van der Waals surface area contributed by atoms with Crippen LogP contribution < -0.4 is 5.32 Å². The molecule has 0 aromatic heterocycles. The Kier molecular flexibility index (Phi) is 5.30. The second kappa shape index (κ2) is 6.74. The molecule has 18 heavy (non-hydrogen) atoms. The number of nitrogens with one attached hydrogen (secondary N) is 1. The van der Waals surface area contributed by atoms with Gasteiger partial charge < -0.3 is 10.2 Å². The molecule has 0 bridgehead atoms. The second-order valence-corrected chi connectivity index (χ2v) is 4.00. The summed E-state index contributed by atoms with van der Waals surface area (Å²) in [4.78, 5) is 24.4. The highest BCUT2D eigenvalue weighted by Gasteiger charge is 2.12. The van der Waals surface area contributed by atoms with Gasteiger partial charge in [-0.3, -0.25) is 9.59 Å². The van der Waals surface area contributed by atoms with E-state index in [1.165, 1.54) is 36.1 Å². The molecule has 0 unspecified atom stereocenters. The lowest BCUT2D eigenvalue weighted by Gasteiger charge is -2.19. The highest BCUT2D eigenvalue weighted by atomic mass is 19.1. The van der Waals surface area contributed by atoms with Crippen LogP contribution in [-0.4, -0.2) is 29.8 Å². The maximum absolute atomic E-state index is 12.7. The summed E-state index contributed by atoms with van der Waals surface area (Å²) in [6.07, 6.45) is 0.795. The number of anilines is 1. The minimum atomic E-state index is -0.357. The van der Waals surface area contributed by atoms with E-state index >= 15 is 0 Å². The van der Waals surface area contributed by atoms with Gasteiger partial charge in [0.2, 0.25) is 11.8 Å². The third-order valence-corrected chi connectivity index (χ3v) is 2.40. The maximum Gasteiger partial charge on any atom is 0.243 e. The van der Waals surface area contributed by atoms with Crippen LogP contribution in [0.3, 0.4) is 0 Å². The molecule has 0 heterocycles. The van der Waals surface area contributed by atoms with Crippen LogP contribution in [-0.2, 0) is 9.59 Å². The normalized spacial score (nSPS) is 9.94. The van der Waals surface area contributed by atoms with E-state index in [1.54, 1.807) is 0 Å². The van der Waals surface area contributed by atoms with Crippen LogP contribution in [0.5, 0.6) is 0 Å². The first-order valence-corrected chi connectivity index (χ1v) is 5.84. The molecule has 1 aromatic carbocycles. The van der Waals surface area contributed by atoms with Gasteiger partial charge in [0.05, 0.1) is 6.54 Å². The van der Waals surface area contributed by atoms with Crippen molar-refractivity contribution in [1.29, 1.82) is 0 Å². The number of carbonyl (C=O) groups is 2. The summed E-state index contributed by atoms with van der Waals surface area (Å²) < 4.78 is 12.7. The van der Waals surface area contributed by atoms with Crippen LogP contribution in [0, 0.1) is 5.82 Å². The Morgan fingerprint density at radius 1 is 1.28 bits per heavy atom. The molecular weight excluding hydrogens is 235 g/mol. The lowest BCUT2D eigenvalue weighted by atomic mass is 10.3. The second-order valence-electron chi connectivity index (χ2n) is 4.00. The van der Waals surface area contributed by atoms with Crippen molar-refractivity contribution in [3.8, 4) is 0 Å². The van der Waals surface area contributed by atoms with Gasteiger partial charge in [-0.05, 0) is 30.7 Å². The Labute approximate surface area is 106 Å². The fourth-order valence-corrected chi connectivity index (χ4v) is 1.52. The Hall–Kier alpha value is -1.91. The summed E-state index contributed by atoms with van der Waals surface area (Å²) in [7, 11) is 0. The Balaban J connectivity index is 2.54. The minimum absolute atomic E-state index is 0.0144. The van der Waals surface area contributed by atoms with E-state index in [4.69, 9.17) is 0 Å². The number of rotatable bonds is 5. The lowest BCUT2D eigenvalue weighted by molar-refractivity contribution is -0.132. The summed E-state index contributed by atoms with van der Waals surface area (Å²) in [5, 5.41) is 2.61. The fourth-order valence-electron chi connectivity index (χ4n) is 1.52. The third kappa shape index (κ3) is 4.53. The van der Waals surface area contributed by atoms with Crippen molar-refractivity contribution in [2.75, 3.05) is 18.4 Å². The summed E-state index contributed by atoms with van der Waals surface area (Å²) in [6.45, 7) is 3.93. The number of nitrogens with zero attached hydrogens (tertiary/aromatic N) is 1. The monoisotopic (exact) mass is 252 g/mol. The molecule has 0 radical (unpaired) electrons. The van der Waals surface area contributed by atoms with Gasteiger partial charge in [-0.25, -0.2) is 4.39 Å². The molecule has 5 heteroatoms. The average molecular weight is 252 g/mol. The molecule has 1 rings (SSSR count). The summed E-state index contributed by atoms with van der Waals surface area (Å²) in [6, 6.07) is 5.49. The van der Waals surface area contributed by atoms with Crippen LogP contribution in [0.2, 0.25) is 0 Å². The predicted octanol–water partition coefficient (Wildman–Crippen LogP) is 2.02. The van der Waals surface area contributed by atoms with Crippen LogP contribution in [0.1, 0.15) is 20.3 Å². The van der Waals surface area contributed by atoms with E-state index < -0.39 is 0 Å². The first-order valence-electron chi connectivity index (χ1n) is 5.84. The van der Waals surface area contributed by atoms with Gasteiger partial charge in [0.1, 0.15) is 5.82 Å². The van der Waals surface area contributed by atoms with Crippen molar-refractivity contribution in [3.63, 3.8) is 0 Å². The topological polar surface area (TPSA) is 49.4 Å². The van der Waals surface area contributed by atoms with Gasteiger partial charge in [-0.1, -0.05) is 6.92 Å². The Bertz CT molecular complexity index is 418. The van der Waals surface area contributed by atoms with Gasteiger partial charge in [0, 0.05) is 19.2 Å². The summed E-state index contributed by atoms with van der Waals surface area (Å²) in [5.41, 5.74) is 0.515. The molecule has 0 saturated carbocycles. The molecule has 0 spiro atoms. The minimum Gasteiger partial charge on any atom is -0.334 e. The van der Waals surface area contributed by atoms with E-state index in [-0.39, 0.29) is 24.2 Å². The first kappa shape index (κ1) is 14.2. The Morgan fingerprint density at radius 3 is 2.39 bits per heavy atom. The van der Waals surface area contributed by atoms with Crippen LogP contribution in [0.4, 0.5) is 10.1 Å². The van der Waals surface area contributed by atoms with Crippen molar-refractivity contribution < 1.29 is 14.0 Å². The zero-order valence-corrected chi connectivity index (χ0v) is 10.6. The molecule has 1 N–H and O–H groups in total. The molecular formula is C13H17FN2O2. The number of hydrogen-bond donors (Lipinski definition) is 1. The van der Waals surface area contributed by atoms with Crippen molar-refractivity contribution in [2.24, 2.45) is 0 Å². The average Bonchev–Trinajstić information content (AvgIpc) is 2.31. The molecule has 2 amide bonds. The van der Waals surface area contributed by atoms with Crippen molar-refractivity contribution in [1.82, 2.24) is 4.90 Å². The number of carbonyl (C=O) groups excluding carboxylic acids is 2. The zero-order chi connectivity index (χ0) is 13.5. The molecule has 0 aliphatic heterocycles. The van der Waals surface area contributed by atoms with Crippen LogP contribution in [0.25, 0.3) is 0 Å². The highest BCUT2D eigenvalue weighted by Crippen LogP contribution is 2.08. The van der Waals surface area contributed by atoms with Crippen LogP contribution in [0.15, 0.2) is 24.3 Å². The van der Waals surface area contributed by atoms with Gasteiger partial charge in [-0.15, -0.1) is 0 Å². The number of halogens is 1. The van der Waals surface area contributed by atoms with Gasteiger partial charge in [-0.2, -0.15) is 0 Å². The van der Waals surface area contributed by atoms with E-state index in [0.29, 0.717) is 12.2 Å². The number of benzene rings is 1. The lowest BCUT2D eigenvalue weighted by Crippen LogP contribution is -2.37. The van der Waals surface area contributed by atoms with Gasteiger partial charge >= 0.3 is 0 Å². The quantitative estimate of drug-likeness (QED) is 0.871. The molecule has 1 aromatic rings. The van der Waals surface area contributed by atoms with E-state index in [0.717, 1.165) is 6.42 Å². The van der Waals surface area contributed by atoms with Crippen molar-refractivity contribution >= 4 is 17.5 Å². The summed E-state index contributed by atoms with van der Waals surface area (Å²) in [5.74, 6) is -0.777. The van der Waals surface area contributed by atoms with Crippen LogP contribution >= 0.6 is 0 Å². The molecule has 0 aliphatic carbocycles. The number of amides is 2. The molecule has 0 fully saturated rings. The van der Waals surface area contributed by atoms with Crippen molar-refractivity contribution in [2.45, 2.75) is 20.3 Å². The molecule has 4 nitrogen and oxygen atoms in total. The van der Waals surface area contributed by atoms with Gasteiger partial charge in [0.25, 0.3) is 0 Å². The molecule has 98 valence electrons. The van der Waals surface area contributed by atoms with E-state index in [1.807, 2.05) is 6.92 Å². The van der Waals surface area contributed by atoms with Crippen molar-refractivity contribution in [3.05, 3.63) is 30.1 Å². The molecule has 0 saturated heterocycles. The zero-order valence-electron chi connectivity index (χ0n) is 10.6. The van der Waals surface area contributed by atoms with E-state index in [2.05, 4.69) is 5.32 Å². The van der Waals surface area contributed by atoms with Gasteiger partial charge in [0.15, 0.2) is 0 Å². The maximum atomic E-state index is 12.7. The SMILES string of the molecule is CCCN(CC(=O)Nc1ccc(F)cc1)C(C)=O. The van der Waals surface area contributed by atoms with E-state index in [9.17, 15) is 14.0 Å². The standard InChI is InChI=1S/C13H17FN2O2/c1-3-8-16(10(2)17)9-13(18)15-12-6-4-11(14)5-7-12/h4-7H,3,8-9H2,1-2H3,(H,15,18). The predicted molar refractivity (Wildman–Crippen MR) is 67.6 cm³/mol. The largest absolute Gasteiger partial charge is 0.334 e. The third-order valence-electron chi connectivity index (χ3n) is 2.40. The first-order chi connectivity index (χ1) is 8.52. The fraction of sp³-hybridized carbons (Fsp3) is 0.385. The smallest absolute Gasteiger partial charge is 0.243 e. The molecule has 0 aliphatic rings. The number of hydrogen-bond acceptors (Lipinski definition) is 2. The Morgan fingerprint density at radius 2 is 1.89 bits per heavy atom. The molecule has 0 atom stereocenters. The highest BCUT2D eigenvalue weighted by molar-refractivity contribution is 5.94. The summed E-state index contributed by atoms with van der Waals surface area (Å²) >= 11 is 0.